The second-order valence-electron chi connectivity index (χ2n) is 3.38. The fourth-order valence-corrected chi connectivity index (χ4v) is 4.29. The minimum absolute atomic E-state index is 0.0267. The summed E-state index contributed by atoms with van der Waals surface area (Å²) in [6.45, 7) is 0. The lowest BCUT2D eigenvalue weighted by molar-refractivity contribution is 0.597. The first-order chi connectivity index (χ1) is 8.90. The van der Waals surface area contributed by atoms with Crippen LogP contribution in [0.4, 0.5) is 5.69 Å². The predicted molar refractivity (Wildman–Crippen MR) is 78.0 cm³/mol. The number of anilines is 1. The molecule has 0 saturated carbocycles. The first-order valence-corrected chi connectivity index (χ1v) is 9.28. The Hall–Kier alpha value is -0.810. The Balaban J connectivity index is 2.34. The summed E-state index contributed by atoms with van der Waals surface area (Å²) in [5.41, 5.74) is 6.29. The Labute approximate surface area is 123 Å². The van der Waals surface area contributed by atoms with Crippen molar-refractivity contribution in [2.24, 2.45) is 5.14 Å². The van der Waals surface area contributed by atoms with E-state index < -0.39 is 10.0 Å². The van der Waals surface area contributed by atoms with Crippen molar-refractivity contribution in [1.82, 2.24) is 10.2 Å². The van der Waals surface area contributed by atoms with Crippen molar-refractivity contribution in [2.75, 3.05) is 12.0 Å². The topological polar surface area (TPSA) is 112 Å². The number of hydrogen-bond acceptors (Lipinski definition) is 8. The third kappa shape index (κ3) is 3.60. The molecule has 0 bridgehead atoms. The molecule has 4 N–H and O–H groups in total. The minimum Gasteiger partial charge on any atom is -0.398 e. The Morgan fingerprint density at radius 2 is 1.95 bits per heavy atom. The van der Waals surface area contributed by atoms with Gasteiger partial charge < -0.3 is 5.73 Å². The van der Waals surface area contributed by atoms with Crippen molar-refractivity contribution in [3.05, 3.63) is 18.2 Å². The molecule has 19 heavy (non-hydrogen) atoms. The minimum atomic E-state index is -3.74. The average Bonchev–Trinajstić information content (AvgIpc) is 2.78. The van der Waals surface area contributed by atoms with Gasteiger partial charge in [0.15, 0.2) is 8.68 Å². The van der Waals surface area contributed by atoms with E-state index in [1.54, 1.807) is 0 Å². The number of aromatic nitrogens is 2. The van der Waals surface area contributed by atoms with E-state index in [9.17, 15) is 8.42 Å². The van der Waals surface area contributed by atoms with E-state index in [1.165, 1.54) is 53.1 Å². The maximum Gasteiger partial charge on any atom is 0.238 e. The van der Waals surface area contributed by atoms with Gasteiger partial charge in [0, 0.05) is 10.6 Å². The third-order valence-corrected chi connectivity index (χ3v) is 6.01. The van der Waals surface area contributed by atoms with Gasteiger partial charge in [-0.3, -0.25) is 0 Å². The molecule has 2 aromatic rings. The summed E-state index contributed by atoms with van der Waals surface area (Å²) >= 11 is 4.18. The molecule has 1 aromatic heterocycles. The SMILES string of the molecule is CSc1nnc(Sc2cc(S(N)(=O)=O)ccc2N)s1. The van der Waals surface area contributed by atoms with Crippen LogP contribution in [0.2, 0.25) is 0 Å². The molecule has 1 heterocycles. The van der Waals surface area contributed by atoms with E-state index in [0.29, 0.717) is 14.9 Å². The zero-order valence-corrected chi connectivity index (χ0v) is 13.0. The normalized spacial score (nSPS) is 11.7. The first kappa shape index (κ1) is 14.6. The monoisotopic (exact) mass is 334 g/mol. The zero-order valence-electron chi connectivity index (χ0n) is 9.73. The van der Waals surface area contributed by atoms with Crippen molar-refractivity contribution in [1.29, 1.82) is 0 Å². The summed E-state index contributed by atoms with van der Waals surface area (Å²) in [6, 6.07) is 4.33. The first-order valence-electron chi connectivity index (χ1n) is 4.88. The van der Waals surface area contributed by atoms with Gasteiger partial charge in [-0.25, -0.2) is 13.6 Å². The molecule has 10 heteroatoms. The quantitative estimate of drug-likeness (QED) is 0.645. The van der Waals surface area contributed by atoms with Crippen molar-refractivity contribution in [2.45, 2.75) is 18.5 Å². The molecule has 2 rings (SSSR count). The second kappa shape index (κ2) is 5.67. The van der Waals surface area contributed by atoms with Crippen LogP contribution in [0, 0.1) is 0 Å². The van der Waals surface area contributed by atoms with E-state index in [-0.39, 0.29) is 4.90 Å². The van der Waals surface area contributed by atoms with Crippen LogP contribution in [0.5, 0.6) is 0 Å². The molecule has 0 aliphatic carbocycles. The summed E-state index contributed by atoms with van der Waals surface area (Å²) in [5, 5.41) is 13.0. The van der Waals surface area contributed by atoms with Crippen LogP contribution in [-0.2, 0) is 10.0 Å². The zero-order chi connectivity index (χ0) is 14.0. The summed E-state index contributed by atoms with van der Waals surface area (Å²) in [7, 11) is -3.74. The van der Waals surface area contributed by atoms with Crippen LogP contribution in [0.25, 0.3) is 0 Å². The summed E-state index contributed by atoms with van der Waals surface area (Å²) in [4.78, 5) is 0.620. The maximum atomic E-state index is 11.3. The van der Waals surface area contributed by atoms with Crippen LogP contribution in [0.1, 0.15) is 0 Å². The van der Waals surface area contributed by atoms with Crippen molar-refractivity contribution < 1.29 is 8.42 Å². The highest BCUT2D eigenvalue weighted by Crippen LogP contribution is 2.36. The molecule has 0 aliphatic rings. The Bertz CT molecular complexity index is 698. The van der Waals surface area contributed by atoms with E-state index in [2.05, 4.69) is 10.2 Å². The molecular formula is C9H10N4O2S4. The predicted octanol–water partition coefficient (Wildman–Crippen LogP) is 1.64. The molecule has 0 radical (unpaired) electrons. The van der Waals surface area contributed by atoms with Gasteiger partial charge in [0.1, 0.15) is 0 Å². The van der Waals surface area contributed by atoms with Crippen molar-refractivity contribution >= 4 is 50.6 Å². The molecule has 0 spiro atoms. The highest BCUT2D eigenvalue weighted by Gasteiger charge is 2.13. The van der Waals surface area contributed by atoms with Crippen LogP contribution >= 0.6 is 34.9 Å². The fourth-order valence-electron chi connectivity index (χ4n) is 1.20. The van der Waals surface area contributed by atoms with Gasteiger partial charge in [0.25, 0.3) is 0 Å². The summed E-state index contributed by atoms with van der Waals surface area (Å²) in [6.07, 6.45) is 1.91. The maximum absolute atomic E-state index is 11.3. The molecule has 0 saturated heterocycles. The van der Waals surface area contributed by atoms with Crippen LogP contribution in [-0.4, -0.2) is 24.9 Å². The summed E-state index contributed by atoms with van der Waals surface area (Å²) in [5.74, 6) is 0. The number of thioether (sulfide) groups is 1. The largest absolute Gasteiger partial charge is 0.398 e. The molecule has 6 nitrogen and oxygen atoms in total. The van der Waals surface area contributed by atoms with Gasteiger partial charge in [0.2, 0.25) is 10.0 Å². The number of nitrogen functional groups attached to an aromatic ring is 1. The van der Waals surface area contributed by atoms with Crippen molar-refractivity contribution in [3.8, 4) is 0 Å². The van der Waals surface area contributed by atoms with Gasteiger partial charge in [-0.1, -0.05) is 34.9 Å². The molecule has 1 aromatic carbocycles. The molecule has 0 aliphatic heterocycles. The highest BCUT2D eigenvalue weighted by molar-refractivity contribution is 8.03. The number of primary sulfonamides is 1. The van der Waals surface area contributed by atoms with E-state index in [4.69, 9.17) is 10.9 Å². The number of benzene rings is 1. The number of nitrogens with zero attached hydrogens (tertiary/aromatic N) is 2. The van der Waals surface area contributed by atoms with Crippen LogP contribution in [0.3, 0.4) is 0 Å². The number of sulfonamides is 1. The molecule has 0 amide bonds. The van der Waals surface area contributed by atoms with Crippen LogP contribution in [0.15, 0.2) is 36.7 Å². The average molecular weight is 334 g/mol. The van der Waals surface area contributed by atoms with Gasteiger partial charge in [-0.15, -0.1) is 10.2 Å². The lowest BCUT2D eigenvalue weighted by atomic mass is 10.3. The Kier molecular flexibility index (Phi) is 4.36. The van der Waals surface area contributed by atoms with E-state index in [0.717, 1.165) is 4.34 Å². The van der Waals surface area contributed by atoms with Gasteiger partial charge >= 0.3 is 0 Å². The lowest BCUT2D eigenvalue weighted by Gasteiger charge is -2.05. The third-order valence-electron chi connectivity index (χ3n) is 2.07. The molecular weight excluding hydrogens is 324 g/mol. The fraction of sp³-hybridized carbons (Fsp3) is 0.111. The van der Waals surface area contributed by atoms with E-state index in [1.807, 2.05) is 6.26 Å². The standard InChI is InChI=1S/C9H10N4O2S4/c1-16-8-12-13-9(18-8)17-7-4-5(19(11,14)15)2-3-6(7)10/h2-4H,10H2,1H3,(H2,11,14,15). The van der Waals surface area contributed by atoms with Gasteiger partial charge in [-0.2, -0.15) is 0 Å². The highest BCUT2D eigenvalue weighted by atomic mass is 32.2. The van der Waals surface area contributed by atoms with Gasteiger partial charge in [0.05, 0.1) is 4.90 Å². The summed E-state index contributed by atoms with van der Waals surface area (Å²) < 4.78 is 24.1. The Morgan fingerprint density at radius 1 is 1.26 bits per heavy atom. The lowest BCUT2D eigenvalue weighted by Crippen LogP contribution is -2.12. The molecule has 102 valence electrons. The van der Waals surface area contributed by atoms with Crippen LogP contribution < -0.4 is 10.9 Å². The molecule has 0 fully saturated rings. The number of nitrogens with two attached hydrogens (primary N) is 2. The van der Waals surface area contributed by atoms with E-state index >= 15 is 0 Å². The smallest absolute Gasteiger partial charge is 0.238 e. The second-order valence-corrected chi connectivity index (χ2v) is 8.27. The van der Waals surface area contributed by atoms with Gasteiger partial charge in [-0.05, 0) is 24.5 Å². The molecule has 0 unspecified atom stereocenters. The van der Waals surface area contributed by atoms with Crippen molar-refractivity contribution in [3.63, 3.8) is 0 Å². The Morgan fingerprint density at radius 3 is 2.53 bits per heavy atom. The number of rotatable bonds is 4. The number of hydrogen-bond donors (Lipinski definition) is 2. The molecule has 0 atom stereocenters.